The van der Waals surface area contributed by atoms with Crippen molar-refractivity contribution >= 4 is 23.0 Å². The fraction of sp³-hybridized carbons (Fsp3) is 0.389. The molecule has 0 radical (unpaired) electrons. The van der Waals surface area contributed by atoms with Gasteiger partial charge in [-0.05, 0) is 24.3 Å². The highest BCUT2D eigenvalue weighted by molar-refractivity contribution is 7.13. The lowest BCUT2D eigenvalue weighted by atomic mass is 9.89. The summed E-state index contributed by atoms with van der Waals surface area (Å²) in [4.78, 5) is 11.9. The van der Waals surface area contributed by atoms with Crippen molar-refractivity contribution in [2.75, 3.05) is 11.9 Å². The van der Waals surface area contributed by atoms with Gasteiger partial charge in [0.15, 0.2) is 0 Å². The molecule has 1 saturated carbocycles. The van der Waals surface area contributed by atoms with Crippen molar-refractivity contribution in [2.45, 2.75) is 32.1 Å². The van der Waals surface area contributed by atoms with Gasteiger partial charge < -0.3 is 10.4 Å². The zero-order valence-electron chi connectivity index (χ0n) is 12.5. The molecule has 1 aromatic carbocycles. The Morgan fingerprint density at radius 2 is 1.91 bits per heavy atom. The van der Waals surface area contributed by atoms with Crippen LogP contribution >= 0.6 is 11.3 Å². The summed E-state index contributed by atoms with van der Waals surface area (Å²) in [5.74, 6) is -0.183. The highest BCUT2D eigenvalue weighted by Gasteiger charge is 2.20. The smallest absolute Gasteiger partial charge is 0.348 e. The van der Waals surface area contributed by atoms with Crippen molar-refractivity contribution in [2.24, 2.45) is 5.92 Å². The molecule has 4 heteroatoms. The van der Waals surface area contributed by atoms with Crippen molar-refractivity contribution in [1.29, 1.82) is 0 Å². The Morgan fingerprint density at radius 1 is 1.18 bits per heavy atom. The van der Waals surface area contributed by atoms with Crippen LogP contribution < -0.4 is 5.32 Å². The molecule has 0 amide bonds. The van der Waals surface area contributed by atoms with E-state index in [1.165, 1.54) is 43.4 Å². The van der Waals surface area contributed by atoms with E-state index >= 15 is 0 Å². The molecule has 1 aliphatic rings. The summed E-state index contributed by atoms with van der Waals surface area (Å²) < 4.78 is 0. The summed E-state index contributed by atoms with van der Waals surface area (Å²) in [6.07, 6.45) is 6.44. The van der Waals surface area contributed by atoms with Crippen molar-refractivity contribution in [3.8, 4) is 11.1 Å². The Balaban J connectivity index is 1.83. The first-order valence-electron chi connectivity index (χ1n) is 7.90. The number of carboxylic acids is 1. The van der Waals surface area contributed by atoms with Crippen LogP contribution in [0, 0.1) is 5.92 Å². The molecule has 0 atom stereocenters. The second-order valence-corrected chi connectivity index (χ2v) is 6.79. The topological polar surface area (TPSA) is 49.3 Å². The van der Waals surface area contributed by atoms with Crippen LogP contribution in [0.2, 0.25) is 0 Å². The average molecular weight is 315 g/mol. The van der Waals surface area contributed by atoms with E-state index < -0.39 is 5.97 Å². The molecule has 0 saturated heterocycles. The molecule has 0 bridgehead atoms. The van der Waals surface area contributed by atoms with Gasteiger partial charge in [0.1, 0.15) is 4.88 Å². The molecule has 1 fully saturated rings. The lowest BCUT2D eigenvalue weighted by Crippen LogP contribution is -2.18. The van der Waals surface area contributed by atoms with Gasteiger partial charge in [-0.15, -0.1) is 11.3 Å². The number of hydrogen-bond donors (Lipinski definition) is 2. The standard InChI is InChI=1S/C18H21NO2S/c20-18(21)17-16(19-11-13-7-3-1-4-8-13)15(12-22-17)14-9-5-2-6-10-14/h2,5-6,9-10,12-13,19H,1,3-4,7-8,11H2,(H,20,21). The minimum absolute atomic E-state index is 0.412. The van der Waals surface area contributed by atoms with Crippen molar-refractivity contribution in [1.82, 2.24) is 0 Å². The lowest BCUT2D eigenvalue weighted by Gasteiger charge is -2.22. The van der Waals surface area contributed by atoms with Gasteiger partial charge in [0.2, 0.25) is 0 Å². The number of rotatable bonds is 5. The third kappa shape index (κ3) is 3.33. The first kappa shape index (κ1) is 15.1. The number of anilines is 1. The molecule has 1 aliphatic carbocycles. The third-order valence-corrected chi connectivity index (χ3v) is 5.33. The van der Waals surface area contributed by atoms with Crippen molar-refractivity contribution in [3.05, 3.63) is 40.6 Å². The van der Waals surface area contributed by atoms with E-state index in [0.29, 0.717) is 10.8 Å². The summed E-state index contributed by atoms with van der Waals surface area (Å²) in [7, 11) is 0. The van der Waals surface area contributed by atoms with Crippen LogP contribution in [-0.4, -0.2) is 17.6 Å². The number of carboxylic acid groups (broad SMARTS) is 1. The van der Waals surface area contributed by atoms with Gasteiger partial charge in [-0.2, -0.15) is 0 Å². The first-order valence-corrected chi connectivity index (χ1v) is 8.77. The molecule has 116 valence electrons. The maximum absolute atomic E-state index is 11.5. The van der Waals surface area contributed by atoms with E-state index in [1.807, 2.05) is 35.7 Å². The molecule has 1 aromatic heterocycles. The number of aromatic carboxylic acids is 1. The molecule has 2 N–H and O–H groups in total. The normalized spacial score (nSPS) is 15.6. The highest BCUT2D eigenvalue weighted by Crippen LogP contribution is 2.37. The third-order valence-electron chi connectivity index (χ3n) is 4.36. The van der Waals surface area contributed by atoms with E-state index in [2.05, 4.69) is 5.32 Å². The van der Waals surface area contributed by atoms with Crippen LogP contribution in [0.1, 0.15) is 41.8 Å². The number of benzene rings is 1. The summed E-state index contributed by atoms with van der Waals surface area (Å²) in [6, 6.07) is 10.00. The predicted molar refractivity (Wildman–Crippen MR) is 91.8 cm³/mol. The summed E-state index contributed by atoms with van der Waals surface area (Å²) in [5, 5.41) is 14.8. The summed E-state index contributed by atoms with van der Waals surface area (Å²) in [5.41, 5.74) is 2.85. The van der Waals surface area contributed by atoms with E-state index in [9.17, 15) is 9.90 Å². The molecular formula is C18H21NO2S. The zero-order chi connectivity index (χ0) is 15.4. The number of carbonyl (C=O) groups is 1. The maximum atomic E-state index is 11.5. The van der Waals surface area contributed by atoms with Crippen LogP contribution in [-0.2, 0) is 0 Å². The van der Waals surface area contributed by atoms with Gasteiger partial charge >= 0.3 is 5.97 Å². The van der Waals surface area contributed by atoms with Gasteiger partial charge in [0.05, 0.1) is 5.69 Å². The molecule has 2 aromatic rings. The van der Waals surface area contributed by atoms with Gasteiger partial charge in [-0.1, -0.05) is 49.6 Å². The maximum Gasteiger partial charge on any atom is 0.348 e. The Hall–Kier alpha value is -1.81. The minimum Gasteiger partial charge on any atom is -0.477 e. The fourth-order valence-corrected chi connectivity index (χ4v) is 4.05. The second kappa shape index (κ2) is 6.97. The summed E-state index contributed by atoms with van der Waals surface area (Å²) >= 11 is 1.30. The Morgan fingerprint density at radius 3 is 2.59 bits per heavy atom. The monoisotopic (exact) mass is 315 g/mol. The highest BCUT2D eigenvalue weighted by atomic mass is 32.1. The average Bonchev–Trinajstić information content (AvgIpc) is 2.99. The molecule has 1 heterocycles. The number of hydrogen-bond acceptors (Lipinski definition) is 3. The number of nitrogens with one attached hydrogen (secondary N) is 1. The van der Waals surface area contributed by atoms with Gasteiger partial charge in [0.25, 0.3) is 0 Å². The van der Waals surface area contributed by atoms with E-state index in [-0.39, 0.29) is 0 Å². The quantitative estimate of drug-likeness (QED) is 0.806. The zero-order valence-corrected chi connectivity index (χ0v) is 13.4. The molecular weight excluding hydrogens is 294 g/mol. The van der Waals surface area contributed by atoms with Gasteiger partial charge in [-0.25, -0.2) is 4.79 Å². The van der Waals surface area contributed by atoms with Crippen LogP contribution in [0.5, 0.6) is 0 Å². The molecule has 3 nitrogen and oxygen atoms in total. The fourth-order valence-electron chi connectivity index (χ4n) is 3.16. The van der Waals surface area contributed by atoms with Crippen LogP contribution in [0.15, 0.2) is 35.7 Å². The van der Waals surface area contributed by atoms with Crippen LogP contribution in [0.25, 0.3) is 11.1 Å². The largest absolute Gasteiger partial charge is 0.477 e. The van der Waals surface area contributed by atoms with Crippen molar-refractivity contribution < 1.29 is 9.90 Å². The Labute approximate surface area is 135 Å². The predicted octanol–water partition coefficient (Wildman–Crippen LogP) is 5.11. The second-order valence-electron chi connectivity index (χ2n) is 5.91. The molecule has 22 heavy (non-hydrogen) atoms. The molecule has 0 spiro atoms. The molecule has 3 rings (SSSR count). The van der Waals surface area contributed by atoms with E-state index in [0.717, 1.165) is 23.4 Å². The summed E-state index contributed by atoms with van der Waals surface area (Å²) in [6.45, 7) is 0.872. The van der Waals surface area contributed by atoms with Crippen molar-refractivity contribution in [3.63, 3.8) is 0 Å². The van der Waals surface area contributed by atoms with Crippen LogP contribution in [0.4, 0.5) is 5.69 Å². The number of thiophene rings is 1. The van der Waals surface area contributed by atoms with Gasteiger partial charge in [0, 0.05) is 17.5 Å². The Bertz CT molecular complexity index is 630. The SMILES string of the molecule is O=C(O)c1scc(-c2ccccc2)c1NCC1CCCCC1. The first-order chi connectivity index (χ1) is 10.8. The Kier molecular flexibility index (Phi) is 4.78. The van der Waals surface area contributed by atoms with E-state index in [1.54, 1.807) is 0 Å². The minimum atomic E-state index is -0.849. The van der Waals surface area contributed by atoms with Crippen LogP contribution in [0.3, 0.4) is 0 Å². The molecule has 0 unspecified atom stereocenters. The van der Waals surface area contributed by atoms with E-state index in [4.69, 9.17) is 0 Å². The lowest BCUT2D eigenvalue weighted by molar-refractivity contribution is 0.0703. The van der Waals surface area contributed by atoms with Gasteiger partial charge in [-0.3, -0.25) is 0 Å². The molecule has 0 aliphatic heterocycles.